The zero-order valence-corrected chi connectivity index (χ0v) is 21.3. The van der Waals surface area contributed by atoms with Gasteiger partial charge in [0.2, 0.25) is 0 Å². The number of halogens is 1. The first-order chi connectivity index (χ1) is 17.0. The van der Waals surface area contributed by atoms with Gasteiger partial charge >= 0.3 is 0 Å². The summed E-state index contributed by atoms with van der Waals surface area (Å²) in [7, 11) is 0. The normalized spacial score (nSPS) is 23.3. The van der Waals surface area contributed by atoms with Gasteiger partial charge in [-0.3, -0.25) is 9.59 Å². The number of aliphatic hydroxyl groups is 1. The highest BCUT2D eigenvalue weighted by Gasteiger charge is 2.40. The first-order valence-electron chi connectivity index (χ1n) is 12.5. The molecule has 2 bridgehead atoms. The zero-order valence-electron chi connectivity index (χ0n) is 20.4. The third-order valence-electron chi connectivity index (χ3n) is 7.30. The van der Waals surface area contributed by atoms with E-state index in [0.29, 0.717) is 49.7 Å². The number of rotatable bonds is 7. The van der Waals surface area contributed by atoms with Crippen LogP contribution in [0.4, 0.5) is 0 Å². The average molecular weight is 516 g/mol. The number of fused-ring (bicyclic) bond motifs is 3. The van der Waals surface area contributed by atoms with Gasteiger partial charge in [0.1, 0.15) is 5.75 Å². The molecule has 0 aromatic heterocycles. The van der Waals surface area contributed by atoms with Gasteiger partial charge in [-0.2, -0.15) is 0 Å². The highest BCUT2D eigenvalue weighted by molar-refractivity contribution is 6.00. The van der Waals surface area contributed by atoms with Crippen LogP contribution < -0.4 is 15.4 Å². The van der Waals surface area contributed by atoms with E-state index in [1.807, 2.05) is 24.0 Å². The molecule has 2 aromatic carbocycles. The Bertz CT molecular complexity index is 1080. The molecule has 3 aliphatic heterocycles. The number of nitrogens with zero attached hydrogens (tertiary/aromatic N) is 1. The summed E-state index contributed by atoms with van der Waals surface area (Å²) in [5.74, 6) is -0.0161. The zero-order chi connectivity index (χ0) is 24.4. The third-order valence-corrected chi connectivity index (χ3v) is 7.30. The average Bonchev–Trinajstić information content (AvgIpc) is 3.14. The van der Waals surface area contributed by atoms with Crippen LogP contribution in [-0.4, -0.2) is 72.4 Å². The summed E-state index contributed by atoms with van der Waals surface area (Å²) in [5, 5.41) is 16.9. The Morgan fingerprint density at radius 1 is 1.17 bits per heavy atom. The smallest absolute Gasteiger partial charge is 0.255 e. The molecular formula is C27H34ClN3O5. The molecule has 4 atom stereocenters. The Kier molecular flexibility index (Phi) is 8.51. The maximum absolute atomic E-state index is 13.3. The number of amides is 2. The van der Waals surface area contributed by atoms with E-state index in [-0.39, 0.29) is 48.9 Å². The van der Waals surface area contributed by atoms with Crippen molar-refractivity contribution in [3.8, 4) is 5.75 Å². The second-order valence-corrected chi connectivity index (χ2v) is 9.52. The number of hydrogen-bond acceptors (Lipinski definition) is 6. The standard InChI is InChI=1S/C27H33N3O5.ClH/c1-2-35-25-12-18(27(33)30-20-8-9-21(30)16-34-15-20)7-10-22(25)26(32)29-14-24(31)23-11-17-5-3-4-6-19(17)13-28-23;/h3-7,10,12,20-21,23-24,28,31H,2,8-9,11,13-16H2,1H3,(H,29,32);1H. The second kappa shape index (κ2) is 11.6. The van der Waals surface area contributed by atoms with Crippen LogP contribution in [0.15, 0.2) is 42.5 Å². The van der Waals surface area contributed by atoms with Crippen LogP contribution in [0.5, 0.6) is 5.75 Å². The van der Waals surface area contributed by atoms with Crippen molar-refractivity contribution < 1.29 is 24.2 Å². The summed E-state index contributed by atoms with van der Waals surface area (Å²) in [6.45, 7) is 4.17. The highest BCUT2D eigenvalue weighted by Crippen LogP contribution is 2.31. The molecule has 8 nitrogen and oxygen atoms in total. The molecule has 36 heavy (non-hydrogen) atoms. The molecule has 0 spiro atoms. The minimum Gasteiger partial charge on any atom is -0.493 e. The molecule has 3 N–H and O–H groups in total. The number of ether oxygens (including phenoxy) is 2. The maximum Gasteiger partial charge on any atom is 0.255 e. The number of benzene rings is 2. The van der Waals surface area contributed by atoms with Crippen molar-refractivity contribution >= 4 is 24.2 Å². The van der Waals surface area contributed by atoms with Crippen molar-refractivity contribution in [2.45, 2.75) is 57.0 Å². The summed E-state index contributed by atoms with van der Waals surface area (Å²) in [6, 6.07) is 13.2. The van der Waals surface area contributed by atoms with Gasteiger partial charge in [-0.15, -0.1) is 12.4 Å². The molecule has 5 rings (SSSR count). The number of morpholine rings is 1. The van der Waals surface area contributed by atoms with E-state index in [0.717, 1.165) is 12.8 Å². The summed E-state index contributed by atoms with van der Waals surface area (Å²) < 4.78 is 11.3. The monoisotopic (exact) mass is 515 g/mol. The van der Waals surface area contributed by atoms with Crippen LogP contribution in [0.3, 0.4) is 0 Å². The fraction of sp³-hybridized carbons (Fsp3) is 0.481. The molecule has 3 heterocycles. The highest BCUT2D eigenvalue weighted by atomic mass is 35.5. The Morgan fingerprint density at radius 3 is 2.61 bits per heavy atom. The van der Waals surface area contributed by atoms with Crippen LogP contribution >= 0.6 is 12.4 Å². The molecule has 194 valence electrons. The molecule has 0 saturated carbocycles. The lowest BCUT2D eigenvalue weighted by Gasteiger charge is -2.34. The van der Waals surface area contributed by atoms with Crippen molar-refractivity contribution in [2.75, 3.05) is 26.4 Å². The lowest BCUT2D eigenvalue weighted by Crippen LogP contribution is -2.49. The summed E-state index contributed by atoms with van der Waals surface area (Å²) in [4.78, 5) is 28.2. The van der Waals surface area contributed by atoms with Gasteiger partial charge in [0.25, 0.3) is 11.8 Å². The van der Waals surface area contributed by atoms with E-state index < -0.39 is 6.10 Å². The lowest BCUT2D eigenvalue weighted by molar-refractivity contribution is -0.00717. The lowest BCUT2D eigenvalue weighted by atomic mass is 9.93. The van der Waals surface area contributed by atoms with Gasteiger partial charge in [-0.1, -0.05) is 24.3 Å². The molecule has 2 saturated heterocycles. The van der Waals surface area contributed by atoms with Gasteiger partial charge in [0.05, 0.1) is 43.6 Å². The fourth-order valence-corrected chi connectivity index (χ4v) is 5.41. The Balaban J connectivity index is 0.00000304. The molecule has 9 heteroatoms. The Morgan fingerprint density at radius 2 is 1.89 bits per heavy atom. The molecule has 3 aliphatic rings. The third kappa shape index (κ3) is 5.37. The van der Waals surface area contributed by atoms with Crippen LogP contribution in [0.25, 0.3) is 0 Å². The quantitative estimate of drug-likeness (QED) is 0.523. The predicted molar refractivity (Wildman–Crippen MR) is 138 cm³/mol. The van der Waals surface area contributed by atoms with Crippen molar-refractivity contribution in [1.29, 1.82) is 0 Å². The first kappa shape index (κ1) is 26.4. The van der Waals surface area contributed by atoms with Gasteiger partial charge in [0, 0.05) is 24.7 Å². The Labute approximate surface area is 217 Å². The van der Waals surface area contributed by atoms with Gasteiger partial charge in [0.15, 0.2) is 0 Å². The van der Waals surface area contributed by atoms with Gasteiger partial charge < -0.3 is 30.1 Å². The van der Waals surface area contributed by atoms with E-state index in [9.17, 15) is 14.7 Å². The number of nitrogens with one attached hydrogen (secondary N) is 2. The van der Waals surface area contributed by atoms with E-state index >= 15 is 0 Å². The van der Waals surface area contributed by atoms with E-state index in [2.05, 4.69) is 22.8 Å². The molecule has 2 fully saturated rings. The van der Waals surface area contributed by atoms with Crippen molar-refractivity contribution in [1.82, 2.24) is 15.5 Å². The van der Waals surface area contributed by atoms with E-state index in [1.54, 1.807) is 18.2 Å². The molecule has 0 aliphatic carbocycles. The van der Waals surface area contributed by atoms with Gasteiger partial charge in [-0.05, 0) is 55.5 Å². The summed E-state index contributed by atoms with van der Waals surface area (Å²) >= 11 is 0. The fourth-order valence-electron chi connectivity index (χ4n) is 5.41. The number of carbonyl (C=O) groups excluding carboxylic acids is 2. The molecule has 2 aromatic rings. The van der Waals surface area contributed by atoms with E-state index in [1.165, 1.54) is 11.1 Å². The Hall–Kier alpha value is -2.65. The molecule has 0 radical (unpaired) electrons. The molecular weight excluding hydrogens is 482 g/mol. The minimum atomic E-state index is -0.736. The predicted octanol–water partition coefficient (Wildman–Crippen LogP) is 2.32. The maximum atomic E-state index is 13.3. The van der Waals surface area contributed by atoms with E-state index in [4.69, 9.17) is 9.47 Å². The van der Waals surface area contributed by atoms with Crippen molar-refractivity contribution in [3.05, 3.63) is 64.7 Å². The minimum absolute atomic E-state index is 0. The van der Waals surface area contributed by atoms with Crippen LogP contribution in [0, 0.1) is 0 Å². The first-order valence-corrected chi connectivity index (χ1v) is 12.5. The molecule has 2 amide bonds. The van der Waals surface area contributed by atoms with Crippen LogP contribution in [-0.2, 0) is 17.7 Å². The molecule has 4 unspecified atom stereocenters. The van der Waals surface area contributed by atoms with Crippen LogP contribution in [0.2, 0.25) is 0 Å². The summed E-state index contributed by atoms with van der Waals surface area (Å²) in [6.07, 6.45) is 1.89. The number of carbonyl (C=O) groups is 2. The largest absolute Gasteiger partial charge is 0.493 e. The van der Waals surface area contributed by atoms with Crippen molar-refractivity contribution in [3.63, 3.8) is 0 Å². The topological polar surface area (TPSA) is 100 Å². The SMILES string of the molecule is CCOc1cc(C(=O)N2C3CCC2COC3)ccc1C(=O)NCC(O)C1Cc2ccccc2CN1.Cl. The summed E-state index contributed by atoms with van der Waals surface area (Å²) in [5.41, 5.74) is 3.31. The number of hydrogen-bond donors (Lipinski definition) is 3. The second-order valence-electron chi connectivity index (χ2n) is 9.52. The van der Waals surface area contributed by atoms with Crippen LogP contribution in [0.1, 0.15) is 51.6 Å². The van der Waals surface area contributed by atoms with Gasteiger partial charge in [-0.25, -0.2) is 0 Å². The van der Waals surface area contributed by atoms with Crippen molar-refractivity contribution in [2.24, 2.45) is 0 Å². The number of aliphatic hydroxyl groups excluding tert-OH is 1.